The lowest BCUT2D eigenvalue weighted by Gasteiger charge is -2.37. The van der Waals surface area contributed by atoms with Crippen molar-refractivity contribution in [2.45, 2.75) is 39.7 Å². The van der Waals surface area contributed by atoms with Crippen molar-refractivity contribution < 1.29 is 0 Å². The summed E-state index contributed by atoms with van der Waals surface area (Å²) in [5, 5.41) is 1.01. The van der Waals surface area contributed by atoms with Crippen molar-refractivity contribution in [3.05, 3.63) is 35.9 Å². The van der Waals surface area contributed by atoms with Crippen LogP contribution in [-0.2, 0) is 0 Å². The van der Waals surface area contributed by atoms with Crippen LogP contribution in [-0.4, -0.2) is 29.9 Å². The van der Waals surface area contributed by atoms with Gasteiger partial charge < -0.3 is 4.90 Å². The Morgan fingerprint density at radius 1 is 1.17 bits per heavy atom. The molecule has 2 heteroatoms. The fourth-order valence-corrected chi connectivity index (χ4v) is 2.71. The maximum absolute atomic E-state index is 3.65. The first kappa shape index (κ1) is 15.7. The molecule has 2 unspecified atom stereocenters. The lowest BCUT2D eigenvalue weighted by molar-refractivity contribution is 0.136. The Balaban J connectivity index is 2.70. The van der Waals surface area contributed by atoms with Crippen molar-refractivity contribution in [2.24, 2.45) is 5.41 Å². The Kier molecular flexibility index (Phi) is 5.87. The molecule has 0 aromatic heterocycles. The van der Waals surface area contributed by atoms with E-state index in [1.165, 1.54) is 5.56 Å². The van der Waals surface area contributed by atoms with Gasteiger partial charge in [0.25, 0.3) is 0 Å². The third kappa shape index (κ3) is 4.40. The van der Waals surface area contributed by atoms with Crippen LogP contribution in [0, 0.1) is 5.41 Å². The van der Waals surface area contributed by atoms with Crippen molar-refractivity contribution in [1.29, 1.82) is 0 Å². The number of halogens is 1. The molecular formula is C16H26BrN. The van der Waals surface area contributed by atoms with Crippen molar-refractivity contribution >= 4 is 15.9 Å². The zero-order chi connectivity index (χ0) is 13.8. The number of benzene rings is 1. The van der Waals surface area contributed by atoms with Gasteiger partial charge in [-0.3, -0.25) is 0 Å². The van der Waals surface area contributed by atoms with Gasteiger partial charge in [0.15, 0.2) is 0 Å². The lowest BCUT2D eigenvalue weighted by atomic mass is 9.86. The molecule has 1 rings (SSSR count). The molecule has 0 fully saturated rings. The third-order valence-corrected chi connectivity index (χ3v) is 4.66. The van der Waals surface area contributed by atoms with Gasteiger partial charge in [-0.05, 0) is 24.9 Å². The number of hydrogen-bond donors (Lipinski definition) is 0. The Morgan fingerprint density at radius 2 is 1.72 bits per heavy atom. The molecule has 1 nitrogen and oxygen atoms in total. The summed E-state index contributed by atoms with van der Waals surface area (Å²) >= 11 is 3.65. The summed E-state index contributed by atoms with van der Waals surface area (Å²) in [5.74, 6) is 0.556. The number of hydrogen-bond acceptors (Lipinski definition) is 1. The van der Waals surface area contributed by atoms with E-state index < -0.39 is 0 Å². The van der Waals surface area contributed by atoms with Crippen LogP contribution in [0.1, 0.15) is 39.2 Å². The van der Waals surface area contributed by atoms with Gasteiger partial charge in [-0.25, -0.2) is 0 Å². The molecule has 0 spiro atoms. The van der Waals surface area contributed by atoms with Gasteiger partial charge in [0.05, 0.1) is 0 Å². The highest BCUT2D eigenvalue weighted by atomic mass is 79.9. The summed E-state index contributed by atoms with van der Waals surface area (Å²) in [6.07, 6.45) is 0. The van der Waals surface area contributed by atoms with E-state index in [1.807, 2.05) is 0 Å². The molecule has 0 heterocycles. The van der Waals surface area contributed by atoms with Gasteiger partial charge in [0.1, 0.15) is 0 Å². The normalized spacial score (nSPS) is 15.7. The Bertz CT molecular complexity index is 342. The van der Waals surface area contributed by atoms with Gasteiger partial charge in [-0.2, -0.15) is 0 Å². The number of nitrogens with zero attached hydrogens (tertiary/aromatic N) is 1. The monoisotopic (exact) mass is 311 g/mol. The second-order valence-corrected chi connectivity index (χ2v) is 6.89. The summed E-state index contributed by atoms with van der Waals surface area (Å²) in [4.78, 5) is 2.47. The second-order valence-electron chi connectivity index (χ2n) is 6.24. The van der Waals surface area contributed by atoms with Crippen LogP contribution in [0.4, 0.5) is 0 Å². The largest absolute Gasteiger partial charge is 0.303 e. The Morgan fingerprint density at radius 3 is 2.17 bits per heavy atom. The van der Waals surface area contributed by atoms with Crippen LogP contribution >= 0.6 is 15.9 Å². The summed E-state index contributed by atoms with van der Waals surface area (Å²) in [5.41, 5.74) is 1.74. The minimum absolute atomic E-state index is 0.322. The van der Waals surface area contributed by atoms with Crippen molar-refractivity contribution in [3.8, 4) is 0 Å². The number of rotatable bonds is 5. The van der Waals surface area contributed by atoms with Gasteiger partial charge in [-0.15, -0.1) is 0 Å². The highest BCUT2D eigenvalue weighted by molar-refractivity contribution is 9.09. The molecule has 0 radical (unpaired) electrons. The lowest BCUT2D eigenvalue weighted by Crippen LogP contribution is -2.41. The van der Waals surface area contributed by atoms with Crippen molar-refractivity contribution in [1.82, 2.24) is 4.90 Å². The summed E-state index contributed by atoms with van der Waals surface area (Å²) < 4.78 is 0. The minimum atomic E-state index is 0.322. The van der Waals surface area contributed by atoms with E-state index in [1.54, 1.807) is 0 Å². The van der Waals surface area contributed by atoms with Gasteiger partial charge in [-0.1, -0.05) is 67.0 Å². The van der Waals surface area contributed by atoms with E-state index in [0.717, 1.165) is 11.9 Å². The molecule has 0 saturated carbocycles. The molecule has 1 aromatic rings. The second kappa shape index (κ2) is 6.72. The van der Waals surface area contributed by atoms with Crippen molar-refractivity contribution in [2.75, 3.05) is 18.9 Å². The fourth-order valence-electron chi connectivity index (χ4n) is 2.14. The van der Waals surface area contributed by atoms with Crippen LogP contribution in [0.15, 0.2) is 30.3 Å². The Labute approximate surface area is 121 Å². The van der Waals surface area contributed by atoms with Gasteiger partial charge in [0, 0.05) is 23.8 Å². The first-order valence-electron chi connectivity index (χ1n) is 6.67. The molecule has 18 heavy (non-hydrogen) atoms. The predicted octanol–water partition coefficient (Wildman–Crippen LogP) is 4.53. The molecule has 0 aliphatic rings. The highest BCUT2D eigenvalue weighted by Gasteiger charge is 2.25. The third-order valence-electron chi connectivity index (χ3n) is 3.88. The Hall–Kier alpha value is -0.340. The standard InChI is InChI=1S/C16H26BrN/c1-13(16(2,3)4)18(5)12-15(11-17)14-9-7-6-8-10-14/h6-10,13,15H,11-12H2,1-5H3. The average molecular weight is 312 g/mol. The highest BCUT2D eigenvalue weighted by Crippen LogP contribution is 2.26. The molecule has 0 saturated heterocycles. The fraction of sp³-hybridized carbons (Fsp3) is 0.625. The van der Waals surface area contributed by atoms with Crippen LogP contribution in [0.5, 0.6) is 0 Å². The molecule has 1 aromatic carbocycles. The molecule has 0 N–H and O–H groups in total. The van der Waals surface area contributed by atoms with Crippen LogP contribution in [0.25, 0.3) is 0 Å². The minimum Gasteiger partial charge on any atom is -0.303 e. The molecule has 0 amide bonds. The summed E-state index contributed by atoms with van der Waals surface area (Å²) in [6, 6.07) is 11.3. The maximum atomic E-state index is 3.65. The van der Waals surface area contributed by atoms with Crippen molar-refractivity contribution in [3.63, 3.8) is 0 Å². The quantitative estimate of drug-likeness (QED) is 0.722. The topological polar surface area (TPSA) is 3.24 Å². The van der Waals surface area contributed by atoms with Gasteiger partial charge >= 0.3 is 0 Å². The SMILES string of the molecule is CC(N(C)CC(CBr)c1ccccc1)C(C)(C)C. The van der Waals surface area contributed by atoms with E-state index in [2.05, 4.69) is 85.9 Å². The van der Waals surface area contributed by atoms with Crippen LogP contribution < -0.4 is 0 Å². The number of likely N-dealkylation sites (N-methyl/N-ethyl adjacent to an activating group) is 1. The zero-order valence-electron chi connectivity index (χ0n) is 12.3. The number of alkyl halides is 1. The molecule has 102 valence electrons. The van der Waals surface area contributed by atoms with E-state index in [0.29, 0.717) is 17.4 Å². The van der Waals surface area contributed by atoms with Gasteiger partial charge in [0.2, 0.25) is 0 Å². The van der Waals surface area contributed by atoms with Crippen LogP contribution in [0.2, 0.25) is 0 Å². The first-order valence-corrected chi connectivity index (χ1v) is 7.79. The molecule has 0 aliphatic carbocycles. The molecule has 0 bridgehead atoms. The van der Waals surface area contributed by atoms with E-state index in [-0.39, 0.29) is 0 Å². The average Bonchev–Trinajstić information content (AvgIpc) is 2.34. The summed E-state index contributed by atoms with van der Waals surface area (Å²) in [7, 11) is 2.23. The summed E-state index contributed by atoms with van der Waals surface area (Å²) in [6.45, 7) is 10.3. The van der Waals surface area contributed by atoms with Crippen LogP contribution in [0.3, 0.4) is 0 Å². The smallest absolute Gasteiger partial charge is 0.0113 e. The molecular weight excluding hydrogens is 286 g/mol. The van der Waals surface area contributed by atoms with E-state index in [4.69, 9.17) is 0 Å². The van der Waals surface area contributed by atoms with E-state index >= 15 is 0 Å². The maximum Gasteiger partial charge on any atom is 0.0113 e. The first-order chi connectivity index (χ1) is 8.36. The molecule has 2 atom stereocenters. The molecule has 0 aliphatic heterocycles. The zero-order valence-corrected chi connectivity index (χ0v) is 13.9. The van der Waals surface area contributed by atoms with E-state index in [9.17, 15) is 0 Å². The predicted molar refractivity (Wildman–Crippen MR) is 84.5 cm³/mol.